The van der Waals surface area contributed by atoms with Crippen molar-refractivity contribution in [2.45, 2.75) is 72.4 Å². The number of hydrogen-bond donors (Lipinski definition) is 1. The summed E-state index contributed by atoms with van der Waals surface area (Å²) in [4.78, 5) is 11.9. The quantitative estimate of drug-likeness (QED) is 0.759. The van der Waals surface area contributed by atoms with Gasteiger partial charge in [-0.15, -0.1) is 0 Å². The van der Waals surface area contributed by atoms with E-state index in [1.807, 2.05) is 20.8 Å². The lowest BCUT2D eigenvalue weighted by Gasteiger charge is -2.41. The van der Waals surface area contributed by atoms with Gasteiger partial charge in [-0.1, -0.05) is 20.8 Å². The molecule has 1 saturated carbocycles. The van der Waals surface area contributed by atoms with Crippen LogP contribution in [0, 0.1) is 11.3 Å². The van der Waals surface area contributed by atoms with Gasteiger partial charge >= 0.3 is 6.09 Å². The summed E-state index contributed by atoms with van der Waals surface area (Å²) in [5.41, 5.74) is -0.506. The van der Waals surface area contributed by atoms with E-state index in [1.54, 1.807) is 0 Å². The van der Waals surface area contributed by atoms with Gasteiger partial charge in [0.05, 0.1) is 0 Å². The first-order valence-corrected chi connectivity index (χ1v) is 6.49. The number of amides is 1. The summed E-state index contributed by atoms with van der Waals surface area (Å²) >= 11 is 0. The fraction of sp³-hybridized carbons (Fsp3) is 0.929. The Morgan fingerprint density at radius 2 is 1.82 bits per heavy atom. The van der Waals surface area contributed by atoms with Crippen molar-refractivity contribution in [3.05, 3.63) is 0 Å². The summed E-state index contributed by atoms with van der Waals surface area (Å²) in [7, 11) is 0. The summed E-state index contributed by atoms with van der Waals surface area (Å²) in [5.74, 6) is 0.613. The Balaban J connectivity index is 2.71. The lowest BCUT2D eigenvalue weighted by Crippen LogP contribution is -2.55. The van der Waals surface area contributed by atoms with Crippen molar-refractivity contribution in [3.63, 3.8) is 0 Å². The molecule has 3 heteroatoms. The van der Waals surface area contributed by atoms with Crippen LogP contribution in [-0.2, 0) is 4.74 Å². The van der Waals surface area contributed by atoms with Crippen LogP contribution in [0.3, 0.4) is 0 Å². The van der Waals surface area contributed by atoms with Crippen molar-refractivity contribution in [2.24, 2.45) is 11.3 Å². The van der Waals surface area contributed by atoms with Crippen LogP contribution in [0.25, 0.3) is 0 Å². The molecule has 1 N–H and O–H groups in total. The Hall–Kier alpha value is -0.730. The molecular weight excluding hydrogens is 214 g/mol. The molecule has 1 rings (SSSR count). The van der Waals surface area contributed by atoms with E-state index >= 15 is 0 Å². The summed E-state index contributed by atoms with van der Waals surface area (Å²) < 4.78 is 5.34. The minimum Gasteiger partial charge on any atom is -0.444 e. The maximum absolute atomic E-state index is 11.9. The summed E-state index contributed by atoms with van der Waals surface area (Å²) in [6.07, 6.45) is 1.86. The lowest BCUT2D eigenvalue weighted by molar-refractivity contribution is 0.0358. The highest BCUT2D eigenvalue weighted by Gasteiger charge is 2.50. The van der Waals surface area contributed by atoms with Gasteiger partial charge in [0.25, 0.3) is 0 Å². The predicted molar refractivity (Wildman–Crippen MR) is 70.0 cm³/mol. The van der Waals surface area contributed by atoms with Crippen LogP contribution in [-0.4, -0.2) is 17.2 Å². The van der Waals surface area contributed by atoms with Gasteiger partial charge in [-0.05, 0) is 51.9 Å². The van der Waals surface area contributed by atoms with Crippen LogP contribution in [0.5, 0.6) is 0 Å². The maximum atomic E-state index is 11.9. The molecule has 0 radical (unpaired) electrons. The van der Waals surface area contributed by atoms with E-state index in [0.29, 0.717) is 5.92 Å². The Morgan fingerprint density at radius 1 is 1.29 bits per heavy atom. The van der Waals surface area contributed by atoms with E-state index in [2.05, 4.69) is 33.0 Å². The first-order valence-electron chi connectivity index (χ1n) is 6.49. The molecule has 0 aromatic heterocycles. The average molecular weight is 241 g/mol. The minimum absolute atomic E-state index is 0.101. The molecule has 1 aliphatic rings. The highest BCUT2D eigenvalue weighted by molar-refractivity contribution is 5.69. The van der Waals surface area contributed by atoms with Crippen LogP contribution >= 0.6 is 0 Å². The first-order chi connectivity index (χ1) is 7.48. The van der Waals surface area contributed by atoms with Gasteiger partial charge in [0.1, 0.15) is 5.60 Å². The lowest BCUT2D eigenvalue weighted by atomic mass is 9.72. The molecule has 1 fully saturated rings. The summed E-state index contributed by atoms with van der Waals surface area (Å²) in [6.45, 7) is 14.5. The molecule has 0 aliphatic heterocycles. The van der Waals surface area contributed by atoms with Crippen molar-refractivity contribution in [1.29, 1.82) is 0 Å². The van der Waals surface area contributed by atoms with Crippen molar-refractivity contribution >= 4 is 6.09 Å². The molecule has 1 amide bonds. The van der Waals surface area contributed by atoms with E-state index < -0.39 is 5.60 Å². The van der Waals surface area contributed by atoms with Gasteiger partial charge in [-0.2, -0.15) is 0 Å². The molecule has 0 unspecified atom stereocenters. The van der Waals surface area contributed by atoms with Gasteiger partial charge in [0.2, 0.25) is 0 Å². The molecule has 17 heavy (non-hydrogen) atoms. The minimum atomic E-state index is -0.436. The largest absolute Gasteiger partial charge is 0.444 e. The number of hydrogen-bond acceptors (Lipinski definition) is 2. The monoisotopic (exact) mass is 241 g/mol. The van der Waals surface area contributed by atoms with Gasteiger partial charge in [-0.3, -0.25) is 0 Å². The number of ether oxygens (including phenoxy) is 1. The van der Waals surface area contributed by atoms with Crippen LogP contribution in [0.4, 0.5) is 4.79 Å². The molecule has 0 aromatic carbocycles. The second-order valence-corrected chi connectivity index (χ2v) is 7.12. The number of nitrogens with one attached hydrogen (secondary N) is 1. The fourth-order valence-electron chi connectivity index (χ4n) is 2.48. The molecule has 0 saturated heterocycles. The Labute approximate surface area is 105 Å². The van der Waals surface area contributed by atoms with Crippen molar-refractivity contribution < 1.29 is 9.53 Å². The SMILES string of the molecule is C[C@@H]1CC[C@](C)(NC(=O)OC(C)(C)C)C1(C)C. The van der Waals surface area contributed by atoms with Gasteiger partial charge < -0.3 is 10.1 Å². The fourth-order valence-corrected chi connectivity index (χ4v) is 2.48. The van der Waals surface area contributed by atoms with E-state index in [4.69, 9.17) is 4.74 Å². The van der Waals surface area contributed by atoms with Crippen molar-refractivity contribution in [3.8, 4) is 0 Å². The molecule has 100 valence electrons. The van der Waals surface area contributed by atoms with Crippen molar-refractivity contribution in [2.75, 3.05) is 0 Å². The second kappa shape index (κ2) is 4.18. The van der Waals surface area contributed by atoms with E-state index in [0.717, 1.165) is 12.8 Å². The Morgan fingerprint density at radius 3 is 2.18 bits per heavy atom. The van der Waals surface area contributed by atoms with Gasteiger partial charge in [0.15, 0.2) is 0 Å². The normalized spacial score (nSPS) is 32.3. The van der Waals surface area contributed by atoms with Gasteiger partial charge in [-0.25, -0.2) is 4.79 Å². The van der Waals surface area contributed by atoms with Crippen LogP contribution in [0.15, 0.2) is 0 Å². The third-order valence-electron chi connectivity index (χ3n) is 4.51. The van der Waals surface area contributed by atoms with Gasteiger partial charge in [0, 0.05) is 5.54 Å². The highest BCUT2D eigenvalue weighted by atomic mass is 16.6. The van der Waals surface area contributed by atoms with Crippen LogP contribution in [0.2, 0.25) is 0 Å². The standard InChI is InChI=1S/C14H27NO2/c1-10-8-9-14(7,13(10,5)6)15-11(16)17-12(2,3)4/h10H,8-9H2,1-7H3,(H,15,16)/t10-,14+/m1/s1. The van der Waals surface area contributed by atoms with Crippen molar-refractivity contribution in [1.82, 2.24) is 5.32 Å². The summed E-state index contributed by atoms with van der Waals surface area (Å²) in [5, 5.41) is 3.07. The first kappa shape index (κ1) is 14.3. The van der Waals surface area contributed by atoms with Crippen LogP contribution in [0.1, 0.15) is 61.3 Å². The second-order valence-electron chi connectivity index (χ2n) is 7.12. The molecule has 0 spiro atoms. The summed E-state index contributed by atoms with van der Waals surface area (Å²) in [6, 6.07) is 0. The molecule has 0 bridgehead atoms. The Kier molecular flexibility index (Phi) is 3.52. The zero-order valence-electron chi connectivity index (χ0n) is 12.3. The predicted octanol–water partition coefficient (Wildman–Crippen LogP) is 3.73. The Bertz CT molecular complexity index is 304. The number of carbonyl (C=O) groups is 1. The topological polar surface area (TPSA) is 38.3 Å². The van der Waals surface area contributed by atoms with E-state index in [1.165, 1.54) is 0 Å². The molecule has 3 nitrogen and oxygen atoms in total. The number of carbonyl (C=O) groups excluding carboxylic acids is 1. The van der Waals surface area contributed by atoms with E-state index in [-0.39, 0.29) is 17.0 Å². The number of alkyl carbamates (subject to hydrolysis) is 1. The van der Waals surface area contributed by atoms with E-state index in [9.17, 15) is 4.79 Å². The maximum Gasteiger partial charge on any atom is 0.408 e. The molecule has 1 aliphatic carbocycles. The average Bonchev–Trinajstić information content (AvgIpc) is 2.26. The highest BCUT2D eigenvalue weighted by Crippen LogP contribution is 2.49. The molecular formula is C14H27NO2. The zero-order valence-corrected chi connectivity index (χ0v) is 12.3. The molecule has 2 atom stereocenters. The molecule has 0 heterocycles. The van der Waals surface area contributed by atoms with Crippen LogP contribution < -0.4 is 5.32 Å². The zero-order chi connectivity index (χ0) is 13.5. The number of rotatable bonds is 1. The molecule has 0 aromatic rings. The third-order valence-corrected chi connectivity index (χ3v) is 4.51. The third kappa shape index (κ3) is 2.93. The smallest absolute Gasteiger partial charge is 0.408 e.